The molecule has 90 valence electrons. The van der Waals surface area contributed by atoms with E-state index in [0.717, 1.165) is 10.0 Å². The van der Waals surface area contributed by atoms with E-state index in [2.05, 4.69) is 20.9 Å². The average Bonchev–Trinajstić information content (AvgIpc) is 2.39. The van der Waals surface area contributed by atoms with Crippen molar-refractivity contribution >= 4 is 21.7 Å². The van der Waals surface area contributed by atoms with Crippen LogP contribution in [0.2, 0.25) is 0 Å². The Morgan fingerprint density at radius 3 is 2.94 bits per heavy atom. The lowest BCUT2D eigenvalue weighted by Gasteiger charge is -2.25. The number of para-hydroxylation sites is 1. The molecule has 3 rings (SSSR count). The van der Waals surface area contributed by atoms with E-state index in [-0.39, 0.29) is 11.9 Å². The number of pyridine rings is 1. The van der Waals surface area contributed by atoms with Crippen LogP contribution in [-0.2, 0) is 0 Å². The number of carbonyl (C=O) groups excluding carboxylic acids is 1. The van der Waals surface area contributed by atoms with Crippen molar-refractivity contribution in [3.8, 4) is 5.75 Å². The molecule has 1 unspecified atom stereocenters. The Hall–Kier alpha value is -1.68. The molecule has 0 N–H and O–H groups in total. The number of Topliss-reactive ketones (excluding diaryl/α,β-unsaturated/α-hetero) is 1. The lowest BCUT2D eigenvalue weighted by Crippen LogP contribution is -2.20. The van der Waals surface area contributed by atoms with E-state index >= 15 is 0 Å². The van der Waals surface area contributed by atoms with Gasteiger partial charge >= 0.3 is 0 Å². The number of rotatable bonds is 1. The van der Waals surface area contributed by atoms with Gasteiger partial charge in [-0.05, 0) is 34.1 Å². The Morgan fingerprint density at radius 1 is 1.28 bits per heavy atom. The third kappa shape index (κ3) is 2.04. The van der Waals surface area contributed by atoms with Gasteiger partial charge < -0.3 is 4.74 Å². The monoisotopic (exact) mass is 303 g/mol. The summed E-state index contributed by atoms with van der Waals surface area (Å²) in [5.74, 6) is 0.764. The Bertz CT molecular complexity index is 612. The first-order valence-electron chi connectivity index (χ1n) is 5.63. The first-order chi connectivity index (χ1) is 8.74. The van der Waals surface area contributed by atoms with Crippen LogP contribution in [0.4, 0.5) is 0 Å². The fourth-order valence-electron chi connectivity index (χ4n) is 2.06. The number of halogens is 1. The van der Waals surface area contributed by atoms with Gasteiger partial charge in [0.05, 0.1) is 12.0 Å². The number of nitrogens with zero attached hydrogens (tertiary/aromatic N) is 1. The van der Waals surface area contributed by atoms with Crippen LogP contribution >= 0.6 is 15.9 Å². The lowest BCUT2D eigenvalue weighted by molar-refractivity contribution is 0.0849. The highest BCUT2D eigenvalue weighted by atomic mass is 79.9. The normalized spacial score (nSPS) is 18.1. The van der Waals surface area contributed by atoms with Crippen molar-refractivity contribution in [2.24, 2.45) is 0 Å². The van der Waals surface area contributed by atoms with E-state index in [0.29, 0.717) is 17.7 Å². The van der Waals surface area contributed by atoms with Crippen LogP contribution in [0, 0.1) is 0 Å². The van der Waals surface area contributed by atoms with Crippen molar-refractivity contribution in [2.75, 3.05) is 0 Å². The predicted molar refractivity (Wildman–Crippen MR) is 70.7 cm³/mol. The zero-order chi connectivity index (χ0) is 12.5. The first-order valence-corrected chi connectivity index (χ1v) is 6.42. The topological polar surface area (TPSA) is 39.2 Å². The van der Waals surface area contributed by atoms with Crippen LogP contribution in [0.1, 0.15) is 28.4 Å². The minimum absolute atomic E-state index is 0.113. The number of benzene rings is 1. The molecule has 0 bridgehead atoms. The maximum atomic E-state index is 12.0. The summed E-state index contributed by atoms with van der Waals surface area (Å²) in [6.07, 6.45) is 3.55. The van der Waals surface area contributed by atoms with Crippen molar-refractivity contribution in [3.63, 3.8) is 0 Å². The second-order valence-corrected chi connectivity index (χ2v) is 5.08. The van der Waals surface area contributed by atoms with Crippen LogP contribution in [0.3, 0.4) is 0 Å². The molecule has 2 heterocycles. The number of fused-ring (bicyclic) bond motifs is 1. The van der Waals surface area contributed by atoms with Gasteiger partial charge in [0.15, 0.2) is 5.78 Å². The highest BCUT2D eigenvalue weighted by molar-refractivity contribution is 9.10. The van der Waals surface area contributed by atoms with Crippen molar-refractivity contribution in [1.29, 1.82) is 0 Å². The summed E-state index contributed by atoms with van der Waals surface area (Å²) in [4.78, 5) is 16.1. The van der Waals surface area contributed by atoms with Gasteiger partial charge in [0.25, 0.3) is 0 Å². The molecule has 1 aromatic carbocycles. The Balaban J connectivity index is 1.97. The van der Waals surface area contributed by atoms with Crippen LogP contribution < -0.4 is 4.74 Å². The molecule has 0 amide bonds. The molecular weight excluding hydrogens is 294 g/mol. The van der Waals surface area contributed by atoms with Gasteiger partial charge in [-0.3, -0.25) is 9.78 Å². The van der Waals surface area contributed by atoms with E-state index in [1.54, 1.807) is 18.5 Å². The van der Waals surface area contributed by atoms with Gasteiger partial charge in [-0.15, -0.1) is 0 Å². The lowest BCUT2D eigenvalue weighted by atomic mass is 9.97. The Kier molecular flexibility index (Phi) is 2.88. The summed E-state index contributed by atoms with van der Waals surface area (Å²) in [6.45, 7) is 0. The molecule has 1 aromatic heterocycles. The molecule has 18 heavy (non-hydrogen) atoms. The molecule has 0 radical (unpaired) electrons. The summed E-state index contributed by atoms with van der Waals surface area (Å²) in [6, 6.07) is 9.27. The second kappa shape index (κ2) is 4.53. The molecule has 0 spiro atoms. The standard InChI is InChI=1S/C14H10BrNO2/c15-10-5-9(7-16-8-10)14-6-12(17)11-3-1-2-4-13(11)18-14/h1-5,7-8,14H,6H2. The molecule has 0 fully saturated rings. The van der Waals surface area contributed by atoms with Crippen molar-refractivity contribution in [1.82, 2.24) is 4.98 Å². The number of ketones is 1. The van der Waals surface area contributed by atoms with Gasteiger partial charge in [0, 0.05) is 22.4 Å². The molecule has 0 aliphatic carbocycles. The fourth-order valence-corrected chi connectivity index (χ4v) is 2.45. The molecule has 1 atom stereocenters. The minimum atomic E-state index is -0.252. The van der Waals surface area contributed by atoms with Crippen LogP contribution in [0.15, 0.2) is 47.2 Å². The molecule has 0 saturated carbocycles. The fraction of sp³-hybridized carbons (Fsp3) is 0.143. The van der Waals surface area contributed by atoms with Gasteiger partial charge in [-0.2, -0.15) is 0 Å². The highest BCUT2D eigenvalue weighted by Crippen LogP contribution is 2.34. The maximum Gasteiger partial charge on any atom is 0.170 e. The van der Waals surface area contributed by atoms with Gasteiger partial charge in [-0.1, -0.05) is 12.1 Å². The predicted octanol–water partition coefficient (Wildman–Crippen LogP) is 3.55. The van der Waals surface area contributed by atoms with E-state index < -0.39 is 0 Å². The van der Waals surface area contributed by atoms with E-state index in [1.165, 1.54) is 0 Å². The average molecular weight is 304 g/mol. The minimum Gasteiger partial charge on any atom is -0.484 e. The zero-order valence-corrected chi connectivity index (χ0v) is 11.1. The first kappa shape index (κ1) is 11.4. The summed E-state index contributed by atoms with van der Waals surface area (Å²) in [7, 11) is 0. The van der Waals surface area contributed by atoms with Crippen molar-refractivity contribution in [3.05, 3.63) is 58.3 Å². The SMILES string of the molecule is O=C1CC(c2cncc(Br)c2)Oc2ccccc21. The van der Waals surface area contributed by atoms with Gasteiger partial charge in [-0.25, -0.2) is 0 Å². The molecule has 0 saturated heterocycles. The quantitative estimate of drug-likeness (QED) is 0.809. The third-order valence-corrected chi connectivity index (χ3v) is 3.36. The summed E-state index contributed by atoms with van der Waals surface area (Å²) >= 11 is 3.37. The second-order valence-electron chi connectivity index (χ2n) is 4.17. The van der Waals surface area contributed by atoms with Gasteiger partial charge in [0.1, 0.15) is 11.9 Å². The van der Waals surface area contributed by atoms with Crippen molar-refractivity contribution in [2.45, 2.75) is 12.5 Å². The summed E-state index contributed by atoms with van der Waals surface area (Å²) in [5, 5.41) is 0. The highest BCUT2D eigenvalue weighted by Gasteiger charge is 2.27. The smallest absolute Gasteiger partial charge is 0.170 e. The molecule has 2 aromatic rings. The Morgan fingerprint density at radius 2 is 2.11 bits per heavy atom. The van der Waals surface area contributed by atoms with Crippen LogP contribution in [0.25, 0.3) is 0 Å². The maximum absolute atomic E-state index is 12.0. The molecule has 1 aliphatic rings. The summed E-state index contributed by atoms with van der Waals surface area (Å²) < 4.78 is 6.75. The number of ether oxygens (including phenoxy) is 1. The van der Waals surface area contributed by atoms with Crippen LogP contribution in [-0.4, -0.2) is 10.8 Å². The van der Waals surface area contributed by atoms with Crippen LogP contribution in [0.5, 0.6) is 5.75 Å². The van der Waals surface area contributed by atoms with Crippen molar-refractivity contribution < 1.29 is 9.53 Å². The number of carbonyl (C=O) groups is 1. The molecule has 4 heteroatoms. The number of hydrogen-bond donors (Lipinski definition) is 0. The Labute approximate surface area is 113 Å². The zero-order valence-electron chi connectivity index (χ0n) is 9.47. The number of aromatic nitrogens is 1. The van der Waals surface area contributed by atoms with E-state index in [4.69, 9.17) is 4.74 Å². The number of hydrogen-bond acceptors (Lipinski definition) is 3. The summed E-state index contributed by atoms with van der Waals surface area (Å²) in [5.41, 5.74) is 1.57. The molecule has 3 nitrogen and oxygen atoms in total. The largest absolute Gasteiger partial charge is 0.484 e. The van der Waals surface area contributed by atoms with E-state index in [9.17, 15) is 4.79 Å². The van der Waals surface area contributed by atoms with Gasteiger partial charge in [0.2, 0.25) is 0 Å². The third-order valence-electron chi connectivity index (χ3n) is 2.93. The van der Waals surface area contributed by atoms with E-state index in [1.807, 2.05) is 24.3 Å². The molecule has 1 aliphatic heterocycles. The molecular formula is C14H10BrNO2.